The number of aromatic nitrogens is 1. The summed E-state index contributed by atoms with van der Waals surface area (Å²) in [5, 5.41) is 3.84. The molecule has 0 radical (unpaired) electrons. The van der Waals surface area contributed by atoms with E-state index >= 15 is 0 Å². The van der Waals surface area contributed by atoms with Gasteiger partial charge in [-0.2, -0.15) is 16.7 Å². The van der Waals surface area contributed by atoms with E-state index in [0.29, 0.717) is 22.7 Å². The third kappa shape index (κ3) is 3.35. The Morgan fingerprint density at radius 1 is 1.33 bits per heavy atom. The van der Waals surface area contributed by atoms with Crippen LogP contribution in [0.25, 0.3) is 11.1 Å². The third-order valence-corrected chi connectivity index (χ3v) is 6.15. The van der Waals surface area contributed by atoms with Gasteiger partial charge in [-0.05, 0) is 37.1 Å². The summed E-state index contributed by atoms with van der Waals surface area (Å²) in [4.78, 5) is 19.0. The first-order valence-corrected chi connectivity index (χ1v) is 9.91. The van der Waals surface area contributed by atoms with Crippen LogP contribution in [0.4, 0.5) is 6.01 Å². The number of nitrogens with zero attached hydrogens (tertiary/aromatic N) is 2. The van der Waals surface area contributed by atoms with Crippen LogP contribution in [0.3, 0.4) is 0 Å². The molecule has 2 aliphatic rings. The fraction of sp³-hybridized carbons (Fsp3) is 0.529. The quantitative estimate of drug-likeness (QED) is 0.904. The summed E-state index contributed by atoms with van der Waals surface area (Å²) in [6.07, 6.45) is 2.77. The minimum atomic E-state index is 0.102. The second kappa shape index (κ2) is 6.84. The number of thioether (sulfide) groups is 1. The van der Waals surface area contributed by atoms with E-state index in [1.807, 2.05) is 23.9 Å². The van der Waals surface area contributed by atoms with Gasteiger partial charge in [-0.25, -0.2) is 0 Å². The topological polar surface area (TPSA) is 58.4 Å². The van der Waals surface area contributed by atoms with Crippen molar-refractivity contribution in [3.05, 3.63) is 23.2 Å². The van der Waals surface area contributed by atoms with Crippen LogP contribution < -0.4 is 10.2 Å². The van der Waals surface area contributed by atoms with Crippen molar-refractivity contribution >= 4 is 46.4 Å². The van der Waals surface area contributed by atoms with Crippen molar-refractivity contribution in [3.63, 3.8) is 0 Å². The summed E-state index contributed by atoms with van der Waals surface area (Å²) < 4.78 is 5.82. The molecule has 128 valence electrons. The minimum absolute atomic E-state index is 0.102. The maximum atomic E-state index is 12.4. The van der Waals surface area contributed by atoms with E-state index in [-0.39, 0.29) is 11.8 Å². The summed E-state index contributed by atoms with van der Waals surface area (Å²) in [6.45, 7) is 1.58. The molecule has 4 rings (SSSR count). The van der Waals surface area contributed by atoms with E-state index in [1.165, 1.54) is 0 Å². The average molecular weight is 366 g/mol. The molecule has 1 aromatic carbocycles. The number of halogens is 1. The number of benzene rings is 1. The van der Waals surface area contributed by atoms with E-state index in [0.717, 1.165) is 49.4 Å². The number of amides is 1. The zero-order valence-corrected chi connectivity index (χ0v) is 14.9. The molecule has 0 spiro atoms. The molecular weight excluding hydrogens is 346 g/mol. The smallest absolute Gasteiger partial charge is 0.298 e. The van der Waals surface area contributed by atoms with E-state index in [1.54, 1.807) is 6.07 Å². The van der Waals surface area contributed by atoms with Crippen molar-refractivity contribution in [1.82, 2.24) is 10.3 Å². The Hall–Kier alpha value is -1.40. The number of rotatable bonds is 3. The number of carbonyl (C=O) groups excluding carboxylic acids is 1. The fourth-order valence-electron chi connectivity index (χ4n) is 3.32. The van der Waals surface area contributed by atoms with Crippen LogP contribution >= 0.6 is 23.4 Å². The number of oxazole rings is 1. The van der Waals surface area contributed by atoms with E-state index in [9.17, 15) is 4.79 Å². The molecular formula is C17H20ClN3O2S. The van der Waals surface area contributed by atoms with Crippen LogP contribution in [0.15, 0.2) is 22.6 Å². The molecule has 2 fully saturated rings. The minimum Gasteiger partial charge on any atom is -0.423 e. The molecule has 1 unspecified atom stereocenters. The van der Waals surface area contributed by atoms with Crippen molar-refractivity contribution in [3.8, 4) is 0 Å². The standard InChI is InChI=1S/C17H20ClN3O2S/c18-12-1-2-14-15(9-12)23-17(20-14)21-6-3-11(4-7-21)16(22)19-13-5-8-24-10-13/h1-2,9,11,13H,3-8,10H2,(H,19,22). The number of nitrogens with one attached hydrogen (secondary N) is 1. The van der Waals surface area contributed by atoms with Crippen LogP contribution in [0, 0.1) is 5.92 Å². The van der Waals surface area contributed by atoms with Crippen LogP contribution in [0.5, 0.6) is 0 Å². The van der Waals surface area contributed by atoms with Crippen molar-refractivity contribution in [2.75, 3.05) is 29.5 Å². The first-order chi connectivity index (χ1) is 11.7. The molecule has 1 atom stereocenters. The molecule has 7 heteroatoms. The summed E-state index contributed by atoms with van der Waals surface area (Å²) in [5.41, 5.74) is 1.52. The van der Waals surface area contributed by atoms with Crippen LogP contribution in [-0.2, 0) is 4.79 Å². The van der Waals surface area contributed by atoms with Crippen LogP contribution in [-0.4, -0.2) is 41.5 Å². The molecule has 1 aromatic heterocycles. The summed E-state index contributed by atoms with van der Waals surface area (Å²) in [5.74, 6) is 2.53. The van der Waals surface area contributed by atoms with Gasteiger partial charge >= 0.3 is 0 Å². The normalized spacial score (nSPS) is 22.2. The Morgan fingerprint density at radius 3 is 2.92 bits per heavy atom. The number of piperidine rings is 1. The lowest BCUT2D eigenvalue weighted by Crippen LogP contribution is -2.44. The molecule has 0 saturated carbocycles. The van der Waals surface area contributed by atoms with Gasteiger partial charge in [-0.1, -0.05) is 11.6 Å². The van der Waals surface area contributed by atoms with Crippen LogP contribution in [0.2, 0.25) is 5.02 Å². The highest BCUT2D eigenvalue weighted by Gasteiger charge is 2.29. The Bertz CT molecular complexity index is 737. The van der Waals surface area contributed by atoms with Gasteiger partial charge in [0.05, 0.1) is 0 Å². The molecule has 2 saturated heterocycles. The number of hydrogen-bond donors (Lipinski definition) is 1. The second-order valence-corrected chi connectivity index (χ2v) is 8.03. The number of fused-ring (bicyclic) bond motifs is 1. The van der Waals surface area contributed by atoms with Crippen molar-refractivity contribution in [1.29, 1.82) is 0 Å². The number of carbonyl (C=O) groups is 1. The molecule has 1 amide bonds. The summed E-state index contributed by atoms with van der Waals surface area (Å²) in [6, 6.07) is 6.45. The molecule has 2 aliphatic heterocycles. The average Bonchev–Trinajstić information content (AvgIpc) is 3.24. The van der Waals surface area contributed by atoms with Gasteiger partial charge in [0.2, 0.25) is 5.91 Å². The van der Waals surface area contributed by atoms with Gasteiger partial charge in [0.1, 0.15) is 5.52 Å². The first-order valence-electron chi connectivity index (χ1n) is 8.38. The maximum Gasteiger partial charge on any atom is 0.298 e. The van der Waals surface area contributed by atoms with Crippen molar-refractivity contribution in [2.45, 2.75) is 25.3 Å². The summed E-state index contributed by atoms with van der Waals surface area (Å²) >= 11 is 7.91. The number of hydrogen-bond acceptors (Lipinski definition) is 5. The molecule has 24 heavy (non-hydrogen) atoms. The number of anilines is 1. The summed E-state index contributed by atoms with van der Waals surface area (Å²) in [7, 11) is 0. The first kappa shape index (κ1) is 16.1. The van der Waals surface area contributed by atoms with E-state index in [4.69, 9.17) is 16.0 Å². The SMILES string of the molecule is O=C(NC1CCSC1)C1CCN(c2nc3ccc(Cl)cc3o2)CC1. The highest BCUT2D eigenvalue weighted by atomic mass is 35.5. The van der Waals surface area contributed by atoms with Gasteiger partial charge < -0.3 is 14.6 Å². The molecule has 5 nitrogen and oxygen atoms in total. The lowest BCUT2D eigenvalue weighted by atomic mass is 9.96. The van der Waals surface area contributed by atoms with E-state index in [2.05, 4.69) is 15.2 Å². The Morgan fingerprint density at radius 2 is 2.17 bits per heavy atom. The van der Waals surface area contributed by atoms with Crippen LogP contribution in [0.1, 0.15) is 19.3 Å². The Labute approximate surface area is 150 Å². The van der Waals surface area contributed by atoms with Gasteiger partial charge in [-0.3, -0.25) is 4.79 Å². The molecule has 2 aromatic rings. The lowest BCUT2D eigenvalue weighted by Gasteiger charge is -2.30. The highest BCUT2D eigenvalue weighted by Crippen LogP contribution is 2.28. The fourth-order valence-corrected chi connectivity index (χ4v) is 4.64. The predicted molar refractivity (Wildman–Crippen MR) is 97.8 cm³/mol. The Kier molecular flexibility index (Phi) is 4.59. The molecule has 3 heterocycles. The van der Waals surface area contributed by atoms with Gasteiger partial charge in [-0.15, -0.1) is 0 Å². The van der Waals surface area contributed by atoms with Gasteiger partial charge in [0, 0.05) is 41.9 Å². The highest BCUT2D eigenvalue weighted by molar-refractivity contribution is 7.99. The molecule has 1 N–H and O–H groups in total. The lowest BCUT2D eigenvalue weighted by molar-refractivity contribution is -0.126. The molecule has 0 aliphatic carbocycles. The second-order valence-electron chi connectivity index (χ2n) is 6.44. The van der Waals surface area contributed by atoms with Crippen molar-refractivity contribution in [2.24, 2.45) is 5.92 Å². The van der Waals surface area contributed by atoms with Gasteiger partial charge in [0.25, 0.3) is 6.01 Å². The van der Waals surface area contributed by atoms with E-state index < -0.39 is 0 Å². The monoisotopic (exact) mass is 365 g/mol. The van der Waals surface area contributed by atoms with Gasteiger partial charge in [0.15, 0.2) is 5.58 Å². The molecule has 0 bridgehead atoms. The zero-order valence-electron chi connectivity index (χ0n) is 13.3. The van der Waals surface area contributed by atoms with Crippen molar-refractivity contribution < 1.29 is 9.21 Å². The maximum absolute atomic E-state index is 12.4. The zero-order chi connectivity index (χ0) is 16.5. The third-order valence-electron chi connectivity index (χ3n) is 4.75. The largest absolute Gasteiger partial charge is 0.423 e. The Balaban J connectivity index is 1.37. The predicted octanol–water partition coefficient (Wildman–Crippen LogP) is 3.32.